The lowest BCUT2D eigenvalue weighted by Crippen LogP contribution is -2.46. The Balaban J connectivity index is 1.39. The monoisotopic (exact) mass is 486 g/mol. The van der Waals surface area contributed by atoms with Crippen LogP contribution >= 0.6 is 11.3 Å². The van der Waals surface area contributed by atoms with E-state index in [-0.39, 0.29) is 5.78 Å². The minimum Gasteiger partial charge on any atom is -0.382 e. The first-order valence-corrected chi connectivity index (χ1v) is 13.0. The summed E-state index contributed by atoms with van der Waals surface area (Å²) in [7, 11) is 0. The van der Waals surface area contributed by atoms with Crippen LogP contribution < -0.4 is 16.0 Å². The highest BCUT2D eigenvalue weighted by Gasteiger charge is 2.17. The Kier molecular flexibility index (Phi) is 6.66. The first-order valence-electron chi connectivity index (χ1n) is 12.1. The second-order valence-corrected chi connectivity index (χ2v) is 9.59. The molecule has 2 aromatic heterocycles. The van der Waals surface area contributed by atoms with Crippen molar-refractivity contribution in [3.05, 3.63) is 59.5 Å². The lowest BCUT2D eigenvalue weighted by Gasteiger charge is -2.35. The molecule has 1 aliphatic heterocycles. The van der Waals surface area contributed by atoms with Crippen molar-refractivity contribution >= 4 is 50.5 Å². The minimum atomic E-state index is 0.124. The Morgan fingerprint density at radius 3 is 2.54 bits per heavy atom. The van der Waals surface area contributed by atoms with Gasteiger partial charge in [-0.1, -0.05) is 32.0 Å². The maximum atomic E-state index is 12.2. The number of carbonyl (C=O) groups is 1. The number of nitrogens with zero attached hydrogens (tertiary/aromatic N) is 4. The fourth-order valence-electron chi connectivity index (χ4n) is 4.47. The van der Waals surface area contributed by atoms with Gasteiger partial charge in [-0.3, -0.25) is 4.79 Å². The molecule has 1 aliphatic rings. The number of hydrogen-bond acceptors (Lipinski definition) is 8. The molecule has 1 saturated heterocycles. The van der Waals surface area contributed by atoms with Crippen LogP contribution in [0.3, 0.4) is 0 Å². The third-order valence-corrected chi connectivity index (χ3v) is 7.56. The lowest BCUT2D eigenvalue weighted by molar-refractivity contribution is 0.0988. The number of ketones is 1. The fourth-order valence-corrected chi connectivity index (χ4v) is 5.39. The Labute approximate surface area is 209 Å². The van der Waals surface area contributed by atoms with E-state index in [0.29, 0.717) is 23.8 Å². The summed E-state index contributed by atoms with van der Waals surface area (Å²) in [4.78, 5) is 26.4. The summed E-state index contributed by atoms with van der Waals surface area (Å²) in [5.41, 5.74) is 11.8. The molecule has 5 rings (SSSR count). The van der Waals surface area contributed by atoms with Crippen molar-refractivity contribution in [3.63, 3.8) is 0 Å². The quantitative estimate of drug-likeness (QED) is 0.337. The van der Waals surface area contributed by atoms with Crippen molar-refractivity contribution in [1.82, 2.24) is 14.9 Å². The molecule has 0 amide bonds. The molecule has 0 aliphatic carbocycles. The zero-order valence-corrected chi connectivity index (χ0v) is 20.9. The number of carbonyl (C=O) groups excluding carboxylic acids is 1. The molecule has 2 aromatic carbocycles. The van der Waals surface area contributed by atoms with E-state index in [1.807, 2.05) is 36.6 Å². The minimum absolute atomic E-state index is 0.124. The van der Waals surface area contributed by atoms with Crippen LogP contribution in [-0.2, 0) is 0 Å². The summed E-state index contributed by atoms with van der Waals surface area (Å²) >= 11 is 1.52. The van der Waals surface area contributed by atoms with Gasteiger partial charge < -0.3 is 20.9 Å². The third kappa shape index (κ3) is 4.85. The SMILES string of the molecule is CCC(=O)c1cccc(-c2csc3c(N)nc(Nc4ccc(N5CCN(CC)CC5)cc4)nc23)c1. The van der Waals surface area contributed by atoms with Crippen LogP contribution in [0.15, 0.2) is 53.9 Å². The maximum absolute atomic E-state index is 12.2. The van der Waals surface area contributed by atoms with Gasteiger partial charge in [0.05, 0.1) is 10.2 Å². The van der Waals surface area contributed by atoms with E-state index in [2.05, 4.69) is 51.3 Å². The highest BCUT2D eigenvalue weighted by Crippen LogP contribution is 2.36. The average Bonchev–Trinajstić information content (AvgIpc) is 3.33. The van der Waals surface area contributed by atoms with Crippen molar-refractivity contribution in [2.45, 2.75) is 20.3 Å². The Bertz CT molecular complexity index is 1340. The standard InChI is InChI=1S/C27H30N6OS/c1-3-23(34)19-7-5-6-18(16-19)22-17-35-25-24(22)30-27(31-26(25)28)29-20-8-10-21(11-9-20)33-14-12-32(4-2)13-15-33/h5-11,16-17H,3-4,12-15H2,1-2H3,(H3,28,29,30,31). The summed E-state index contributed by atoms with van der Waals surface area (Å²) in [5.74, 6) is 1.03. The number of fused-ring (bicyclic) bond motifs is 1. The number of nitrogens with two attached hydrogens (primary N) is 1. The second-order valence-electron chi connectivity index (χ2n) is 8.71. The molecule has 7 nitrogen and oxygen atoms in total. The third-order valence-electron chi connectivity index (χ3n) is 6.57. The van der Waals surface area contributed by atoms with E-state index in [1.54, 1.807) is 0 Å². The van der Waals surface area contributed by atoms with Crippen molar-refractivity contribution in [3.8, 4) is 11.1 Å². The number of likely N-dealkylation sites (N-methyl/N-ethyl adjacent to an activating group) is 1. The molecule has 0 unspecified atom stereocenters. The molecule has 3 heterocycles. The van der Waals surface area contributed by atoms with E-state index >= 15 is 0 Å². The van der Waals surface area contributed by atoms with Crippen LogP contribution in [0.1, 0.15) is 30.6 Å². The first-order chi connectivity index (χ1) is 17.1. The number of Topliss-reactive ketones (excluding diaryl/α,β-unsaturated/α-hetero) is 1. The summed E-state index contributed by atoms with van der Waals surface area (Å²) in [6, 6.07) is 16.1. The second kappa shape index (κ2) is 10.0. The van der Waals surface area contributed by atoms with Crippen LogP contribution in [0.2, 0.25) is 0 Å². The predicted octanol–water partition coefficient (Wildman–Crippen LogP) is 5.42. The Morgan fingerprint density at radius 1 is 1.06 bits per heavy atom. The van der Waals surface area contributed by atoms with Crippen LogP contribution in [-0.4, -0.2) is 53.4 Å². The van der Waals surface area contributed by atoms with E-state index < -0.39 is 0 Å². The molecule has 180 valence electrons. The molecule has 0 radical (unpaired) electrons. The van der Waals surface area contributed by atoms with Crippen LogP contribution in [0.4, 0.5) is 23.1 Å². The van der Waals surface area contributed by atoms with Gasteiger partial charge >= 0.3 is 0 Å². The molecule has 0 saturated carbocycles. The van der Waals surface area contributed by atoms with Crippen LogP contribution in [0.5, 0.6) is 0 Å². The molecule has 35 heavy (non-hydrogen) atoms. The average molecular weight is 487 g/mol. The van der Waals surface area contributed by atoms with Gasteiger partial charge in [-0.2, -0.15) is 4.98 Å². The van der Waals surface area contributed by atoms with Gasteiger partial charge in [-0.05, 0) is 42.4 Å². The van der Waals surface area contributed by atoms with Crippen LogP contribution in [0.25, 0.3) is 21.3 Å². The van der Waals surface area contributed by atoms with Gasteiger partial charge in [0.2, 0.25) is 5.95 Å². The van der Waals surface area contributed by atoms with Gasteiger partial charge in [-0.15, -0.1) is 11.3 Å². The van der Waals surface area contributed by atoms with Crippen molar-refractivity contribution in [1.29, 1.82) is 0 Å². The van der Waals surface area contributed by atoms with Gasteiger partial charge in [0, 0.05) is 60.5 Å². The summed E-state index contributed by atoms with van der Waals surface area (Å²) in [6.45, 7) is 9.49. The van der Waals surface area contributed by atoms with Crippen LogP contribution in [0, 0.1) is 0 Å². The number of benzene rings is 2. The zero-order valence-electron chi connectivity index (χ0n) is 20.1. The number of rotatable bonds is 7. The molecule has 0 spiro atoms. The topological polar surface area (TPSA) is 87.4 Å². The van der Waals surface area contributed by atoms with E-state index in [0.717, 1.165) is 59.8 Å². The molecule has 8 heteroatoms. The fraction of sp³-hybridized carbons (Fsp3) is 0.296. The number of aromatic nitrogens is 2. The number of nitrogens with one attached hydrogen (secondary N) is 1. The molecule has 0 bridgehead atoms. The number of hydrogen-bond donors (Lipinski definition) is 2. The van der Waals surface area contributed by atoms with Gasteiger partial charge in [0.25, 0.3) is 0 Å². The molecular formula is C27H30N6OS. The largest absolute Gasteiger partial charge is 0.382 e. The highest BCUT2D eigenvalue weighted by atomic mass is 32.1. The maximum Gasteiger partial charge on any atom is 0.229 e. The Morgan fingerprint density at radius 2 is 1.83 bits per heavy atom. The van der Waals surface area contributed by atoms with Gasteiger partial charge in [0.15, 0.2) is 5.78 Å². The normalized spacial score (nSPS) is 14.4. The first kappa shape index (κ1) is 23.3. The molecule has 1 fully saturated rings. The molecule has 3 N–H and O–H groups in total. The number of nitrogen functional groups attached to an aromatic ring is 1. The number of anilines is 4. The molecule has 0 atom stereocenters. The highest BCUT2D eigenvalue weighted by molar-refractivity contribution is 7.18. The Hall–Kier alpha value is -3.49. The van der Waals surface area contributed by atoms with E-state index in [4.69, 9.17) is 10.7 Å². The van der Waals surface area contributed by atoms with Gasteiger partial charge in [0.1, 0.15) is 5.82 Å². The summed E-state index contributed by atoms with van der Waals surface area (Å²) in [6.07, 6.45) is 0.477. The van der Waals surface area contributed by atoms with E-state index in [1.165, 1.54) is 17.0 Å². The van der Waals surface area contributed by atoms with Crippen molar-refractivity contribution in [2.24, 2.45) is 0 Å². The summed E-state index contributed by atoms with van der Waals surface area (Å²) in [5, 5.41) is 5.34. The number of thiophene rings is 1. The van der Waals surface area contributed by atoms with Gasteiger partial charge in [-0.25, -0.2) is 4.98 Å². The number of piperazine rings is 1. The van der Waals surface area contributed by atoms with Crippen molar-refractivity contribution in [2.75, 3.05) is 48.7 Å². The molecular weight excluding hydrogens is 456 g/mol. The lowest BCUT2D eigenvalue weighted by atomic mass is 10.0. The smallest absolute Gasteiger partial charge is 0.229 e. The summed E-state index contributed by atoms with van der Waals surface area (Å²) < 4.78 is 0.847. The molecule has 4 aromatic rings. The zero-order chi connectivity index (χ0) is 24.4. The predicted molar refractivity (Wildman–Crippen MR) is 146 cm³/mol. The van der Waals surface area contributed by atoms with E-state index in [9.17, 15) is 4.79 Å². The van der Waals surface area contributed by atoms with Crippen molar-refractivity contribution < 1.29 is 4.79 Å².